The van der Waals surface area contributed by atoms with Gasteiger partial charge in [-0.1, -0.05) is 366 Å². The highest BCUT2D eigenvalue weighted by molar-refractivity contribution is 5.76. The van der Waals surface area contributed by atoms with Gasteiger partial charge in [0.25, 0.3) is 0 Å². The highest BCUT2D eigenvalue weighted by atomic mass is 16.3. The number of amides is 1. The second-order valence-electron chi connectivity index (χ2n) is 23.6. The number of nitrogens with one attached hydrogen (secondary N) is 1. The summed E-state index contributed by atoms with van der Waals surface area (Å²) in [6, 6.07) is -0.533. The zero-order valence-electron chi connectivity index (χ0n) is 49.7. The van der Waals surface area contributed by atoms with Crippen LogP contribution in [0.4, 0.5) is 0 Å². The molecule has 0 heterocycles. The summed E-state index contributed by atoms with van der Waals surface area (Å²) in [4.78, 5) is 12.5. The van der Waals surface area contributed by atoms with Gasteiger partial charge in [0.15, 0.2) is 0 Å². The number of aliphatic hydroxyl groups is 2. The molecule has 0 aromatic heterocycles. The Bertz CT molecular complexity index is 1010. The molecule has 0 aliphatic heterocycles. The molecule has 4 nitrogen and oxygen atoms in total. The van der Waals surface area contributed by atoms with E-state index >= 15 is 0 Å². The van der Waals surface area contributed by atoms with Crippen molar-refractivity contribution in [3.05, 3.63) is 12.2 Å². The lowest BCUT2D eigenvalue weighted by molar-refractivity contribution is -0.123. The normalized spacial score (nSPS) is 12.7. The van der Waals surface area contributed by atoms with E-state index in [0.717, 1.165) is 25.7 Å². The van der Waals surface area contributed by atoms with Crippen LogP contribution in [0, 0.1) is 0 Å². The molecule has 3 N–H and O–H groups in total. The summed E-state index contributed by atoms with van der Waals surface area (Å²) in [5, 5.41) is 23.4. The van der Waals surface area contributed by atoms with Gasteiger partial charge in [-0.05, 0) is 38.5 Å². The summed E-state index contributed by atoms with van der Waals surface area (Å²) in [5.41, 5.74) is 0. The Balaban J connectivity index is 3.34. The number of carbonyl (C=O) groups excluding carboxylic acids is 1. The first kappa shape index (κ1) is 71.1. The van der Waals surface area contributed by atoms with Crippen LogP contribution in [0.3, 0.4) is 0 Å². The molecule has 72 heavy (non-hydrogen) atoms. The summed E-state index contributed by atoms with van der Waals surface area (Å²) in [6.45, 7) is 4.41. The van der Waals surface area contributed by atoms with Gasteiger partial charge in [0.2, 0.25) is 5.91 Å². The van der Waals surface area contributed by atoms with Crippen LogP contribution in [0.5, 0.6) is 0 Å². The van der Waals surface area contributed by atoms with E-state index in [0.29, 0.717) is 12.8 Å². The summed E-state index contributed by atoms with van der Waals surface area (Å²) in [5.74, 6) is -0.0210. The van der Waals surface area contributed by atoms with Crippen LogP contribution in [0.25, 0.3) is 0 Å². The molecule has 0 spiro atoms. The Hall–Kier alpha value is -0.870. The maximum atomic E-state index is 12.5. The number of unbranched alkanes of at least 4 members (excludes halogenated alkanes) is 55. The predicted octanol–water partition coefficient (Wildman–Crippen LogP) is 22.8. The number of hydrogen-bond acceptors (Lipinski definition) is 3. The maximum Gasteiger partial charge on any atom is 0.220 e. The molecule has 0 aliphatic carbocycles. The standard InChI is InChI=1S/C68H135NO3/c1-3-5-7-9-11-13-15-17-19-21-23-25-26-27-28-29-30-31-32-33-34-35-36-37-38-39-40-41-42-44-46-48-50-52-54-56-58-60-62-64-68(72)69-66(65-70)67(71)63-61-59-57-55-53-51-49-47-45-43-24-22-20-18-16-14-12-10-8-6-4-2/h21,23,66-67,70-71H,3-20,22,24-65H2,1-2H3,(H,69,72)/b23-21-. The number of aliphatic hydroxyl groups excluding tert-OH is 2. The van der Waals surface area contributed by atoms with Crippen molar-refractivity contribution in [1.82, 2.24) is 5.32 Å². The van der Waals surface area contributed by atoms with E-state index < -0.39 is 12.1 Å². The van der Waals surface area contributed by atoms with Gasteiger partial charge in [-0.3, -0.25) is 4.79 Å². The highest BCUT2D eigenvalue weighted by Gasteiger charge is 2.20. The van der Waals surface area contributed by atoms with Crippen LogP contribution in [-0.2, 0) is 4.79 Å². The van der Waals surface area contributed by atoms with E-state index in [9.17, 15) is 15.0 Å². The molecule has 0 saturated heterocycles. The number of hydrogen-bond donors (Lipinski definition) is 3. The van der Waals surface area contributed by atoms with Crippen molar-refractivity contribution in [3.8, 4) is 0 Å². The van der Waals surface area contributed by atoms with Crippen molar-refractivity contribution in [2.45, 2.75) is 411 Å². The van der Waals surface area contributed by atoms with Crippen molar-refractivity contribution in [2.24, 2.45) is 0 Å². The van der Waals surface area contributed by atoms with Crippen molar-refractivity contribution >= 4 is 5.91 Å². The van der Waals surface area contributed by atoms with Gasteiger partial charge in [0, 0.05) is 6.42 Å². The molecule has 0 fully saturated rings. The van der Waals surface area contributed by atoms with E-state index in [1.54, 1.807) is 0 Å². The minimum atomic E-state index is -0.657. The molecule has 0 aromatic carbocycles. The Morgan fingerprint density at radius 2 is 0.528 bits per heavy atom. The predicted molar refractivity (Wildman–Crippen MR) is 323 cm³/mol. The van der Waals surface area contributed by atoms with Gasteiger partial charge >= 0.3 is 0 Å². The fraction of sp³-hybridized carbons (Fsp3) is 0.956. The lowest BCUT2D eigenvalue weighted by Gasteiger charge is -2.22. The zero-order chi connectivity index (χ0) is 52.0. The summed E-state index contributed by atoms with van der Waals surface area (Å²) in [7, 11) is 0. The molecule has 0 aliphatic rings. The Labute approximate surface area is 454 Å². The molecule has 2 atom stereocenters. The largest absolute Gasteiger partial charge is 0.394 e. The Kier molecular flexibility index (Phi) is 63.6. The molecule has 4 heteroatoms. The van der Waals surface area contributed by atoms with E-state index in [-0.39, 0.29) is 12.5 Å². The van der Waals surface area contributed by atoms with Crippen molar-refractivity contribution in [1.29, 1.82) is 0 Å². The molecular weight excluding hydrogens is 879 g/mol. The molecule has 0 aromatic rings. The summed E-state index contributed by atoms with van der Waals surface area (Å²) in [6.07, 6.45) is 85.5. The molecule has 0 radical (unpaired) electrons. The monoisotopic (exact) mass is 1010 g/mol. The van der Waals surface area contributed by atoms with Crippen LogP contribution >= 0.6 is 0 Å². The van der Waals surface area contributed by atoms with Gasteiger partial charge in [-0.25, -0.2) is 0 Å². The first-order valence-corrected chi connectivity index (χ1v) is 33.9. The second kappa shape index (κ2) is 64.4. The van der Waals surface area contributed by atoms with E-state index in [1.165, 1.54) is 347 Å². The van der Waals surface area contributed by atoms with Crippen LogP contribution in [0.1, 0.15) is 399 Å². The van der Waals surface area contributed by atoms with Crippen molar-refractivity contribution in [2.75, 3.05) is 6.61 Å². The minimum Gasteiger partial charge on any atom is -0.394 e. The van der Waals surface area contributed by atoms with E-state index in [2.05, 4.69) is 31.3 Å². The molecular formula is C68H135NO3. The van der Waals surface area contributed by atoms with Crippen molar-refractivity contribution < 1.29 is 15.0 Å². The summed E-state index contributed by atoms with van der Waals surface area (Å²) >= 11 is 0. The third kappa shape index (κ3) is 60.0. The maximum absolute atomic E-state index is 12.5. The quantitative estimate of drug-likeness (QED) is 0.0420. The Morgan fingerprint density at radius 1 is 0.319 bits per heavy atom. The fourth-order valence-electron chi connectivity index (χ4n) is 11.1. The van der Waals surface area contributed by atoms with Gasteiger partial charge in [-0.15, -0.1) is 0 Å². The fourth-order valence-corrected chi connectivity index (χ4v) is 11.1. The van der Waals surface area contributed by atoms with Gasteiger partial charge in [-0.2, -0.15) is 0 Å². The molecule has 0 rings (SSSR count). The van der Waals surface area contributed by atoms with Crippen LogP contribution < -0.4 is 5.32 Å². The van der Waals surface area contributed by atoms with Gasteiger partial charge < -0.3 is 15.5 Å². The second-order valence-corrected chi connectivity index (χ2v) is 23.6. The smallest absolute Gasteiger partial charge is 0.220 e. The first-order chi connectivity index (χ1) is 35.7. The average Bonchev–Trinajstić information content (AvgIpc) is 3.39. The molecule has 0 saturated carbocycles. The van der Waals surface area contributed by atoms with Crippen LogP contribution in [0.15, 0.2) is 12.2 Å². The van der Waals surface area contributed by atoms with E-state index in [4.69, 9.17) is 0 Å². The molecule has 430 valence electrons. The van der Waals surface area contributed by atoms with Gasteiger partial charge in [0.1, 0.15) is 0 Å². The molecule has 2 unspecified atom stereocenters. The third-order valence-corrected chi connectivity index (χ3v) is 16.3. The zero-order valence-corrected chi connectivity index (χ0v) is 49.7. The van der Waals surface area contributed by atoms with Crippen LogP contribution in [0.2, 0.25) is 0 Å². The minimum absolute atomic E-state index is 0.0210. The van der Waals surface area contributed by atoms with Crippen molar-refractivity contribution in [3.63, 3.8) is 0 Å². The lowest BCUT2D eigenvalue weighted by atomic mass is 10.0. The topological polar surface area (TPSA) is 69.6 Å². The molecule has 1 amide bonds. The average molecular weight is 1010 g/mol. The summed E-state index contributed by atoms with van der Waals surface area (Å²) < 4.78 is 0. The number of allylic oxidation sites excluding steroid dienone is 2. The molecule has 0 bridgehead atoms. The lowest BCUT2D eigenvalue weighted by Crippen LogP contribution is -2.45. The third-order valence-electron chi connectivity index (χ3n) is 16.3. The van der Waals surface area contributed by atoms with Gasteiger partial charge in [0.05, 0.1) is 18.8 Å². The van der Waals surface area contributed by atoms with E-state index in [1.807, 2.05) is 0 Å². The van der Waals surface area contributed by atoms with Crippen LogP contribution in [-0.4, -0.2) is 34.9 Å². The first-order valence-electron chi connectivity index (χ1n) is 33.9. The number of rotatable bonds is 64. The SMILES string of the molecule is CCCCCCCCCC/C=C\CCCCCCCCCCCCCCCCCCCCCCCCCCCCCC(=O)NC(CO)C(O)CCCCCCCCCCCCCCCCCCCCCCC. The Morgan fingerprint density at radius 3 is 0.764 bits per heavy atom. The number of carbonyl (C=O) groups is 1. The highest BCUT2D eigenvalue weighted by Crippen LogP contribution is 2.19.